The lowest BCUT2D eigenvalue weighted by molar-refractivity contribution is -0.107. The SMILES string of the molecule is C=CCCC(=C)Br.CCC=O. The van der Waals surface area contributed by atoms with E-state index in [-0.39, 0.29) is 0 Å². The highest BCUT2D eigenvalue weighted by molar-refractivity contribution is 9.11. The third kappa shape index (κ3) is 26.2. The lowest BCUT2D eigenvalue weighted by Gasteiger charge is -1.86. The van der Waals surface area contributed by atoms with Crippen LogP contribution in [0.2, 0.25) is 0 Å². The molecule has 0 heterocycles. The summed E-state index contributed by atoms with van der Waals surface area (Å²) in [7, 11) is 0. The summed E-state index contributed by atoms with van der Waals surface area (Å²) >= 11 is 3.23. The van der Waals surface area contributed by atoms with Gasteiger partial charge in [-0.05, 0) is 17.3 Å². The van der Waals surface area contributed by atoms with Crippen molar-refractivity contribution in [2.45, 2.75) is 26.2 Å². The highest BCUT2D eigenvalue weighted by atomic mass is 79.9. The fourth-order valence-corrected chi connectivity index (χ4v) is 0.488. The Balaban J connectivity index is 0. The number of hydrogen-bond acceptors (Lipinski definition) is 1. The highest BCUT2D eigenvalue weighted by Crippen LogP contribution is 2.08. The van der Waals surface area contributed by atoms with Gasteiger partial charge in [0.15, 0.2) is 0 Å². The Hall–Kier alpha value is -0.370. The van der Waals surface area contributed by atoms with Gasteiger partial charge < -0.3 is 4.79 Å². The Kier molecular flexibility index (Phi) is 14.8. The molecule has 0 aliphatic carbocycles. The van der Waals surface area contributed by atoms with Gasteiger partial charge in [-0.2, -0.15) is 0 Å². The molecule has 0 rings (SSSR count). The fraction of sp³-hybridized carbons (Fsp3) is 0.444. The predicted molar refractivity (Wildman–Crippen MR) is 53.9 cm³/mol. The maximum atomic E-state index is 9.17. The van der Waals surface area contributed by atoms with E-state index in [1.807, 2.05) is 13.0 Å². The van der Waals surface area contributed by atoms with Crippen LogP contribution in [0.15, 0.2) is 23.7 Å². The normalized spacial score (nSPS) is 7.45. The van der Waals surface area contributed by atoms with Crippen molar-refractivity contribution in [1.82, 2.24) is 0 Å². The molecular formula is C9H15BrO. The maximum absolute atomic E-state index is 9.17. The van der Waals surface area contributed by atoms with Crippen LogP contribution in [0.1, 0.15) is 26.2 Å². The van der Waals surface area contributed by atoms with E-state index in [4.69, 9.17) is 0 Å². The fourth-order valence-electron chi connectivity index (χ4n) is 0.259. The minimum absolute atomic E-state index is 0.639. The summed E-state index contributed by atoms with van der Waals surface area (Å²) in [5.41, 5.74) is 0. The van der Waals surface area contributed by atoms with E-state index in [1.165, 1.54) is 0 Å². The average molecular weight is 219 g/mol. The molecule has 0 aliphatic rings. The molecule has 0 aromatic rings. The molecule has 0 aromatic heterocycles. The van der Waals surface area contributed by atoms with Crippen molar-refractivity contribution in [2.75, 3.05) is 0 Å². The quantitative estimate of drug-likeness (QED) is 0.522. The van der Waals surface area contributed by atoms with Crippen LogP contribution in [-0.2, 0) is 4.79 Å². The van der Waals surface area contributed by atoms with Crippen LogP contribution in [0.4, 0.5) is 0 Å². The first kappa shape index (κ1) is 13.2. The van der Waals surface area contributed by atoms with Gasteiger partial charge in [-0.25, -0.2) is 0 Å². The van der Waals surface area contributed by atoms with Crippen LogP contribution >= 0.6 is 15.9 Å². The number of carbonyl (C=O) groups excluding carboxylic acids is 1. The second kappa shape index (κ2) is 12.3. The third-order valence-corrected chi connectivity index (χ3v) is 1.18. The zero-order chi connectivity index (χ0) is 9.11. The largest absolute Gasteiger partial charge is 0.303 e. The molecule has 0 radical (unpaired) electrons. The molecule has 0 aliphatic heterocycles. The topological polar surface area (TPSA) is 17.1 Å². The van der Waals surface area contributed by atoms with Crippen molar-refractivity contribution in [3.63, 3.8) is 0 Å². The van der Waals surface area contributed by atoms with E-state index >= 15 is 0 Å². The molecule has 2 heteroatoms. The minimum Gasteiger partial charge on any atom is -0.303 e. The number of allylic oxidation sites excluding steroid dienone is 2. The molecular weight excluding hydrogens is 204 g/mol. The first-order chi connectivity index (χ1) is 5.18. The highest BCUT2D eigenvalue weighted by Gasteiger charge is 1.80. The van der Waals surface area contributed by atoms with Gasteiger partial charge in [0.25, 0.3) is 0 Å². The molecule has 0 bridgehead atoms. The Morgan fingerprint density at radius 2 is 2.09 bits per heavy atom. The van der Waals surface area contributed by atoms with Crippen molar-refractivity contribution in [2.24, 2.45) is 0 Å². The Morgan fingerprint density at radius 3 is 2.18 bits per heavy atom. The second-order valence-corrected chi connectivity index (χ2v) is 3.04. The number of carbonyl (C=O) groups is 1. The summed E-state index contributed by atoms with van der Waals surface area (Å²) < 4.78 is 1.05. The van der Waals surface area contributed by atoms with E-state index in [0.717, 1.165) is 23.6 Å². The second-order valence-electron chi connectivity index (χ2n) is 1.92. The van der Waals surface area contributed by atoms with Gasteiger partial charge in [0, 0.05) is 6.42 Å². The molecule has 0 atom stereocenters. The number of rotatable bonds is 4. The van der Waals surface area contributed by atoms with Gasteiger partial charge in [-0.3, -0.25) is 0 Å². The van der Waals surface area contributed by atoms with Gasteiger partial charge in [-0.1, -0.05) is 35.5 Å². The monoisotopic (exact) mass is 218 g/mol. The zero-order valence-corrected chi connectivity index (χ0v) is 8.56. The minimum atomic E-state index is 0.639. The lowest BCUT2D eigenvalue weighted by Crippen LogP contribution is -1.64. The van der Waals surface area contributed by atoms with Crippen LogP contribution in [0, 0.1) is 0 Å². The smallest absolute Gasteiger partial charge is 0.119 e. The van der Waals surface area contributed by atoms with E-state index in [0.29, 0.717) is 6.42 Å². The summed E-state index contributed by atoms with van der Waals surface area (Å²) in [6.45, 7) is 9.04. The molecule has 64 valence electrons. The summed E-state index contributed by atoms with van der Waals surface area (Å²) in [4.78, 5) is 9.17. The first-order valence-corrected chi connectivity index (χ1v) is 4.36. The molecule has 0 N–H and O–H groups in total. The van der Waals surface area contributed by atoms with Crippen molar-refractivity contribution >= 4 is 22.2 Å². The number of hydrogen-bond donors (Lipinski definition) is 0. The van der Waals surface area contributed by atoms with Gasteiger partial charge in [0.05, 0.1) is 0 Å². The van der Waals surface area contributed by atoms with E-state index in [1.54, 1.807) is 0 Å². The summed E-state index contributed by atoms with van der Waals surface area (Å²) in [6, 6.07) is 0. The van der Waals surface area contributed by atoms with Crippen LogP contribution in [0.25, 0.3) is 0 Å². The first-order valence-electron chi connectivity index (χ1n) is 3.56. The molecule has 11 heavy (non-hydrogen) atoms. The summed E-state index contributed by atoms with van der Waals surface area (Å²) in [5, 5.41) is 0. The van der Waals surface area contributed by atoms with Crippen LogP contribution in [0.3, 0.4) is 0 Å². The average Bonchev–Trinajstić information content (AvgIpc) is 2.01. The van der Waals surface area contributed by atoms with Gasteiger partial charge in [0.1, 0.15) is 6.29 Å². The van der Waals surface area contributed by atoms with Crippen molar-refractivity contribution in [3.8, 4) is 0 Å². The Morgan fingerprint density at radius 1 is 1.64 bits per heavy atom. The standard InChI is InChI=1S/C6H9Br.C3H6O/c1-3-4-5-6(2)7;1-2-3-4/h3H,1-2,4-5H2;3H,2H2,1H3. The molecule has 0 spiro atoms. The summed E-state index contributed by atoms with van der Waals surface area (Å²) in [6.07, 6.45) is 5.42. The van der Waals surface area contributed by atoms with Crippen LogP contribution in [-0.4, -0.2) is 6.29 Å². The van der Waals surface area contributed by atoms with Gasteiger partial charge in [0.2, 0.25) is 0 Å². The van der Waals surface area contributed by atoms with Crippen LogP contribution in [0.5, 0.6) is 0 Å². The molecule has 0 saturated heterocycles. The van der Waals surface area contributed by atoms with Crippen molar-refractivity contribution in [3.05, 3.63) is 23.7 Å². The van der Waals surface area contributed by atoms with E-state index < -0.39 is 0 Å². The van der Waals surface area contributed by atoms with Gasteiger partial charge in [-0.15, -0.1) is 6.58 Å². The Bertz CT molecular complexity index is 119. The summed E-state index contributed by atoms with van der Waals surface area (Å²) in [5.74, 6) is 0. The van der Waals surface area contributed by atoms with Crippen molar-refractivity contribution in [1.29, 1.82) is 0 Å². The number of aldehydes is 1. The van der Waals surface area contributed by atoms with E-state index in [9.17, 15) is 4.79 Å². The number of halogens is 1. The van der Waals surface area contributed by atoms with Crippen molar-refractivity contribution < 1.29 is 4.79 Å². The zero-order valence-electron chi connectivity index (χ0n) is 6.98. The van der Waals surface area contributed by atoms with E-state index in [2.05, 4.69) is 29.1 Å². The molecule has 0 fully saturated rings. The van der Waals surface area contributed by atoms with Gasteiger partial charge >= 0.3 is 0 Å². The third-order valence-electron chi connectivity index (χ3n) is 0.786. The molecule has 1 nitrogen and oxygen atoms in total. The maximum Gasteiger partial charge on any atom is 0.119 e. The molecule has 0 unspecified atom stereocenters. The van der Waals surface area contributed by atoms with Crippen LogP contribution < -0.4 is 0 Å². The molecule has 0 saturated carbocycles. The predicted octanol–water partition coefficient (Wildman–Crippen LogP) is 3.46. The molecule has 0 amide bonds. The Labute approximate surface area is 77.3 Å². The lowest BCUT2D eigenvalue weighted by atomic mass is 10.3. The molecule has 0 aromatic carbocycles.